The molecule has 6 heteroatoms. The van der Waals surface area contributed by atoms with Gasteiger partial charge in [-0.1, -0.05) is 0 Å². The van der Waals surface area contributed by atoms with Crippen LogP contribution in [0.3, 0.4) is 0 Å². The van der Waals surface area contributed by atoms with Crippen molar-refractivity contribution in [3.63, 3.8) is 0 Å². The Balaban J connectivity index is 1.94. The van der Waals surface area contributed by atoms with Gasteiger partial charge in [0.15, 0.2) is 0 Å². The fraction of sp³-hybridized carbons (Fsp3) is 0.286. The summed E-state index contributed by atoms with van der Waals surface area (Å²) >= 11 is 1.64. The topological polar surface area (TPSA) is 60.5 Å². The van der Waals surface area contributed by atoms with Gasteiger partial charge in [0, 0.05) is 5.69 Å². The molecule has 0 aliphatic rings. The standard InChI is InChI=1S/C14H16N2O3S/c1-9-13(20-10(2)15-9)8-19-12-6-4-11(5-7-12)16-14(17)18-3/h4-7H,8H2,1-3H3,(H,16,17). The minimum atomic E-state index is -0.491. The first-order valence-electron chi connectivity index (χ1n) is 6.09. The van der Waals surface area contributed by atoms with Crippen molar-refractivity contribution in [1.82, 2.24) is 4.98 Å². The smallest absolute Gasteiger partial charge is 0.411 e. The highest BCUT2D eigenvalue weighted by Crippen LogP contribution is 2.21. The third-order valence-electron chi connectivity index (χ3n) is 2.66. The monoisotopic (exact) mass is 292 g/mol. The van der Waals surface area contributed by atoms with Crippen LogP contribution in [-0.2, 0) is 11.3 Å². The second-order valence-electron chi connectivity index (χ2n) is 4.17. The van der Waals surface area contributed by atoms with Crippen LogP contribution in [0.2, 0.25) is 0 Å². The molecule has 0 bridgehead atoms. The zero-order valence-electron chi connectivity index (χ0n) is 11.6. The molecule has 1 aromatic heterocycles. The van der Waals surface area contributed by atoms with Gasteiger partial charge in [0.05, 0.1) is 22.7 Å². The summed E-state index contributed by atoms with van der Waals surface area (Å²) in [5, 5.41) is 3.62. The second-order valence-corrected chi connectivity index (χ2v) is 5.46. The molecule has 0 radical (unpaired) electrons. The largest absolute Gasteiger partial charge is 0.488 e. The number of nitrogens with one attached hydrogen (secondary N) is 1. The molecule has 0 atom stereocenters. The van der Waals surface area contributed by atoms with Crippen molar-refractivity contribution in [3.8, 4) is 5.75 Å². The minimum Gasteiger partial charge on any atom is -0.488 e. The van der Waals surface area contributed by atoms with Gasteiger partial charge in [-0.2, -0.15) is 0 Å². The van der Waals surface area contributed by atoms with E-state index in [1.54, 1.807) is 35.6 Å². The first kappa shape index (κ1) is 14.3. The molecular weight excluding hydrogens is 276 g/mol. The number of hydrogen-bond acceptors (Lipinski definition) is 5. The quantitative estimate of drug-likeness (QED) is 0.936. The molecule has 0 aliphatic heterocycles. The summed E-state index contributed by atoms with van der Waals surface area (Å²) < 4.78 is 10.2. The van der Waals surface area contributed by atoms with Crippen LogP contribution in [0.5, 0.6) is 5.75 Å². The lowest BCUT2D eigenvalue weighted by Gasteiger charge is -2.07. The number of carbonyl (C=O) groups is 1. The summed E-state index contributed by atoms with van der Waals surface area (Å²) in [7, 11) is 1.33. The van der Waals surface area contributed by atoms with Gasteiger partial charge < -0.3 is 9.47 Å². The van der Waals surface area contributed by atoms with Gasteiger partial charge in [0.25, 0.3) is 0 Å². The summed E-state index contributed by atoms with van der Waals surface area (Å²) in [6.45, 7) is 4.46. The fourth-order valence-corrected chi connectivity index (χ4v) is 2.51. The molecule has 1 amide bonds. The van der Waals surface area contributed by atoms with Crippen molar-refractivity contribution in [2.75, 3.05) is 12.4 Å². The van der Waals surface area contributed by atoms with Crippen molar-refractivity contribution >= 4 is 23.1 Å². The molecule has 2 rings (SSSR count). The number of nitrogens with zero attached hydrogens (tertiary/aromatic N) is 1. The summed E-state index contributed by atoms with van der Waals surface area (Å²) in [6, 6.07) is 7.12. The van der Waals surface area contributed by atoms with Gasteiger partial charge in [-0.3, -0.25) is 5.32 Å². The second kappa shape index (κ2) is 6.38. The Kier molecular flexibility index (Phi) is 4.57. The lowest BCUT2D eigenvalue weighted by Crippen LogP contribution is -2.10. The number of aryl methyl sites for hydroxylation is 2. The van der Waals surface area contributed by atoms with E-state index in [0.29, 0.717) is 12.3 Å². The number of carbonyl (C=O) groups excluding carboxylic acids is 1. The van der Waals surface area contributed by atoms with E-state index in [2.05, 4.69) is 15.0 Å². The molecule has 106 valence electrons. The van der Waals surface area contributed by atoms with E-state index in [1.165, 1.54) is 7.11 Å². The maximum atomic E-state index is 11.0. The summed E-state index contributed by atoms with van der Waals surface area (Å²) in [4.78, 5) is 16.5. The number of benzene rings is 1. The van der Waals surface area contributed by atoms with Crippen LogP contribution in [0.25, 0.3) is 0 Å². The Hall–Kier alpha value is -2.08. The maximum absolute atomic E-state index is 11.0. The van der Waals surface area contributed by atoms with E-state index in [4.69, 9.17) is 4.74 Å². The van der Waals surface area contributed by atoms with Crippen molar-refractivity contribution in [2.45, 2.75) is 20.5 Å². The number of ether oxygens (including phenoxy) is 2. The molecule has 1 aromatic carbocycles. The normalized spacial score (nSPS) is 10.2. The van der Waals surface area contributed by atoms with Gasteiger partial charge in [-0.25, -0.2) is 9.78 Å². The average molecular weight is 292 g/mol. The highest BCUT2D eigenvalue weighted by molar-refractivity contribution is 7.11. The molecule has 1 N–H and O–H groups in total. The van der Waals surface area contributed by atoms with Crippen LogP contribution >= 0.6 is 11.3 Å². The SMILES string of the molecule is COC(=O)Nc1ccc(OCc2sc(C)nc2C)cc1. The third-order valence-corrected chi connectivity index (χ3v) is 3.70. The van der Waals surface area contributed by atoms with Gasteiger partial charge in [-0.15, -0.1) is 11.3 Å². The van der Waals surface area contributed by atoms with Gasteiger partial charge >= 0.3 is 6.09 Å². The Morgan fingerprint density at radius 3 is 2.55 bits per heavy atom. The van der Waals surface area contributed by atoms with Gasteiger partial charge in [-0.05, 0) is 38.1 Å². The summed E-state index contributed by atoms with van der Waals surface area (Å²) in [5.41, 5.74) is 1.67. The van der Waals surface area contributed by atoms with E-state index < -0.39 is 6.09 Å². The molecule has 5 nitrogen and oxygen atoms in total. The molecular formula is C14H16N2O3S. The minimum absolute atomic E-state index is 0.491. The van der Waals surface area contributed by atoms with Crippen LogP contribution < -0.4 is 10.1 Å². The Labute approximate surface area is 121 Å². The molecule has 20 heavy (non-hydrogen) atoms. The molecule has 0 saturated carbocycles. The van der Waals surface area contributed by atoms with Crippen LogP contribution in [0.4, 0.5) is 10.5 Å². The van der Waals surface area contributed by atoms with Crippen molar-refractivity contribution in [1.29, 1.82) is 0 Å². The highest BCUT2D eigenvalue weighted by atomic mass is 32.1. The predicted octanol–water partition coefficient (Wildman–Crippen LogP) is 3.52. The van der Waals surface area contributed by atoms with E-state index in [-0.39, 0.29) is 0 Å². The van der Waals surface area contributed by atoms with Crippen molar-refractivity contribution < 1.29 is 14.3 Å². The Morgan fingerprint density at radius 1 is 1.30 bits per heavy atom. The number of methoxy groups -OCH3 is 1. The van der Waals surface area contributed by atoms with Gasteiger partial charge in [0.2, 0.25) is 0 Å². The Bertz CT molecular complexity index is 593. The molecule has 0 saturated heterocycles. The maximum Gasteiger partial charge on any atom is 0.411 e. The number of amides is 1. The van der Waals surface area contributed by atoms with Crippen LogP contribution in [0.1, 0.15) is 15.6 Å². The first-order valence-corrected chi connectivity index (χ1v) is 6.91. The number of thiazole rings is 1. The molecule has 0 unspecified atom stereocenters. The molecule has 0 aliphatic carbocycles. The first-order chi connectivity index (χ1) is 9.58. The van der Waals surface area contributed by atoms with Crippen LogP contribution in [0.15, 0.2) is 24.3 Å². The zero-order chi connectivity index (χ0) is 14.5. The number of aromatic nitrogens is 1. The molecule has 2 aromatic rings. The fourth-order valence-electron chi connectivity index (χ4n) is 1.66. The van der Waals surface area contributed by atoms with E-state index >= 15 is 0 Å². The number of rotatable bonds is 4. The third kappa shape index (κ3) is 3.71. The molecule has 0 spiro atoms. The van der Waals surface area contributed by atoms with Crippen LogP contribution in [0, 0.1) is 13.8 Å². The van der Waals surface area contributed by atoms with Crippen molar-refractivity contribution in [2.24, 2.45) is 0 Å². The zero-order valence-corrected chi connectivity index (χ0v) is 12.4. The van der Waals surface area contributed by atoms with E-state index in [1.807, 2.05) is 13.8 Å². The summed E-state index contributed by atoms with van der Waals surface area (Å²) in [6.07, 6.45) is -0.491. The van der Waals surface area contributed by atoms with E-state index in [9.17, 15) is 4.79 Å². The lowest BCUT2D eigenvalue weighted by molar-refractivity contribution is 0.187. The molecule has 0 fully saturated rings. The number of anilines is 1. The van der Waals surface area contributed by atoms with Crippen molar-refractivity contribution in [3.05, 3.63) is 39.8 Å². The van der Waals surface area contributed by atoms with E-state index in [0.717, 1.165) is 21.3 Å². The molecule has 1 heterocycles. The average Bonchev–Trinajstić information content (AvgIpc) is 2.76. The number of hydrogen-bond donors (Lipinski definition) is 1. The summed E-state index contributed by atoms with van der Waals surface area (Å²) in [5.74, 6) is 0.742. The Morgan fingerprint density at radius 2 is 2.00 bits per heavy atom. The van der Waals surface area contributed by atoms with Gasteiger partial charge in [0.1, 0.15) is 12.4 Å². The highest BCUT2D eigenvalue weighted by Gasteiger charge is 2.06. The predicted molar refractivity (Wildman–Crippen MR) is 78.4 cm³/mol. The lowest BCUT2D eigenvalue weighted by atomic mass is 10.3. The van der Waals surface area contributed by atoms with Crippen LogP contribution in [-0.4, -0.2) is 18.2 Å².